The number of rotatable bonds is 9. The molecule has 0 spiro atoms. The van der Waals surface area contributed by atoms with Crippen molar-refractivity contribution in [1.29, 1.82) is 0 Å². The summed E-state index contributed by atoms with van der Waals surface area (Å²) in [7, 11) is 0. The molecule has 1 aliphatic heterocycles. The van der Waals surface area contributed by atoms with Gasteiger partial charge in [-0.15, -0.1) is 0 Å². The lowest BCUT2D eigenvalue weighted by molar-refractivity contribution is 0.111. The van der Waals surface area contributed by atoms with E-state index in [1.54, 1.807) is 0 Å². The zero-order valence-electron chi connectivity index (χ0n) is 19.9. The van der Waals surface area contributed by atoms with E-state index in [2.05, 4.69) is 41.3 Å². The number of guanidine groups is 1. The van der Waals surface area contributed by atoms with Gasteiger partial charge in [0, 0.05) is 19.6 Å². The molecule has 0 amide bonds. The van der Waals surface area contributed by atoms with Crippen LogP contribution in [-0.4, -0.2) is 48.6 Å². The average molecular weight is 418 g/mol. The van der Waals surface area contributed by atoms with Gasteiger partial charge in [0.15, 0.2) is 5.96 Å². The van der Waals surface area contributed by atoms with E-state index >= 15 is 0 Å². The number of aliphatic imine (C=N–C) groups is 1. The highest BCUT2D eigenvalue weighted by atomic mass is 16.4. The van der Waals surface area contributed by atoms with Crippen molar-refractivity contribution in [1.82, 2.24) is 20.5 Å². The van der Waals surface area contributed by atoms with Gasteiger partial charge < -0.3 is 15.1 Å². The number of aryl methyl sites for hydroxylation is 2. The van der Waals surface area contributed by atoms with Crippen LogP contribution in [0.4, 0.5) is 0 Å². The molecule has 1 aromatic rings. The van der Waals surface area contributed by atoms with Crippen LogP contribution in [0.25, 0.3) is 0 Å². The minimum Gasteiger partial charge on any atom is -0.444 e. The summed E-state index contributed by atoms with van der Waals surface area (Å²) in [6, 6.07) is 0. The number of hydrogen-bond donors (Lipinski definition) is 2. The molecule has 0 unspecified atom stereocenters. The standard InChI is InChI=1S/C24H43N5O/c1-6-25-23(27-17-24(10-7-11-24)14-18(2)3)26-15-21-8-12-29(13-9-21)16-22-28-19(4)20(5)30-22/h18,21H,6-17H2,1-5H3,(H2,25,26,27). The van der Waals surface area contributed by atoms with Crippen molar-refractivity contribution in [3.8, 4) is 0 Å². The van der Waals surface area contributed by atoms with Gasteiger partial charge in [0.25, 0.3) is 0 Å². The maximum Gasteiger partial charge on any atom is 0.208 e. The number of aromatic nitrogens is 1. The van der Waals surface area contributed by atoms with Gasteiger partial charge in [0.1, 0.15) is 5.76 Å². The third-order valence-corrected chi connectivity index (χ3v) is 6.87. The molecule has 1 saturated heterocycles. The van der Waals surface area contributed by atoms with E-state index in [4.69, 9.17) is 9.41 Å². The lowest BCUT2D eigenvalue weighted by atomic mass is 9.64. The van der Waals surface area contributed by atoms with E-state index < -0.39 is 0 Å². The zero-order valence-corrected chi connectivity index (χ0v) is 19.9. The van der Waals surface area contributed by atoms with E-state index in [1.807, 2.05) is 13.8 Å². The van der Waals surface area contributed by atoms with Crippen LogP contribution in [0.3, 0.4) is 0 Å². The molecule has 2 aliphatic rings. The van der Waals surface area contributed by atoms with Crippen LogP contribution in [0.5, 0.6) is 0 Å². The molecule has 30 heavy (non-hydrogen) atoms. The lowest BCUT2D eigenvalue weighted by Gasteiger charge is -2.42. The molecule has 6 nitrogen and oxygen atoms in total. The molecule has 1 aliphatic carbocycles. The Hall–Kier alpha value is -1.56. The number of likely N-dealkylation sites (tertiary alicyclic amines) is 1. The van der Waals surface area contributed by atoms with Crippen molar-refractivity contribution in [2.45, 2.75) is 79.7 Å². The number of hydrogen-bond acceptors (Lipinski definition) is 4. The summed E-state index contributed by atoms with van der Waals surface area (Å²) in [5.41, 5.74) is 1.47. The smallest absolute Gasteiger partial charge is 0.208 e. The van der Waals surface area contributed by atoms with Gasteiger partial charge in [-0.1, -0.05) is 20.3 Å². The molecule has 1 aromatic heterocycles. The second kappa shape index (κ2) is 10.7. The summed E-state index contributed by atoms with van der Waals surface area (Å²) >= 11 is 0. The number of nitrogens with zero attached hydrogens (tertiary/aromatic N) is 3. The number of nitrogens with one attached hydrogen (secondary N) is 2. The fourth-order valence-corrected chi connectivity index (χ4v) is 4.95. The molecule has 3 rings (SSSR count). The summed E-state index contributed by atoms with van der Waals surface area (Å²) in [4.78, 5) is 12.0. The average Bonchev–Trinajstić information content (AvgIpc) is 2.99. The van der Waals surface area contributed by atoms with Crippen LogP contribution in [0.1, 0.15) is 76.6 Å². The molecular weight excluding hydrogens is 374 g/mol. The normalized spacial score (nSPS) is 20.4. The van der Waals surface area contributed by atoms with Gasteiger partial charge in [-0.3, -0.25) is 9.89 Å². The quantitative estimate of drug-likeness (QED) is 0.464. The van der Waals surface area contributed by atoms with Crippen LogP contribution < -0.4 is 10.6 Å². The Labute approximate surface area is 183 Å². The number of piperidine rings is 1. The Balaban J connectivity index is 1.43. The second-order valence-corrected chi connectivity index (χ2v) is 10.00. The fraction of sp³-hybridized carbons (Fsp3) is 0.833. The minimum absolute atomic E-state index is 0.457. The predicted molar refractivity (Wildman–Crippen MR) is 124 cm³/mol. The Morgan fingerprint density at radius 3 is 2.50 bits per heavy atom. The molecule has 1 saturated carbocycles. The van der Waals surface area contributed by atoms with Gasteiger partial charge in [0.2, 0.25) is 5.89 Å². The van der Waals surface area contributed by atoms with E-state index in [-0.39, 0.29) is 0 Å². The molecule has 0 atom stereocenters. The first-order chi connectivity index (χ1) is 14.4. The van der Waals surface area contributed by atoms with Gasteiger partial charge >= 0.3 is 0 Å². The Morgan fingerprint density at radius 2 is 1.97 bits per heavy atom. The summed E-state index contributed by atoms with van der Waals surface area (Å²) < 4.78 is 5.75. The van der Waals surface area contributed by atoms with Gasteiger partial charge in [-0.2, -0.15) is 0 Å². The highest BCUT2D eigenvalue weighted by Crippen LogP contribution is 2.46. The monoisotopic (exact) mass is 417 g/mol. The van der Waals surface area contributed by atoms with E-state index in [0.29, 0.717) is 11.3 Å². The predicted octanol–water partition coefficient (Wildman–Crippen LogP) is 4.27. The maximum absolute atomic E-state index is 5.75. The molecule has 2 N–H and O–H groups in total. The third-order valence-electron chi connectivity index (χ3n) is 6.87. The highest BCUT2D eigenvalue weighted by Gasteiger charge is 2.37. The lowest BCUT2D eigenvalue weighted by Crippen LogP contribution is -2.44. The van der Waals surface area contributed by atoms with Crippen molar-refractivity contribution in [3.05, 3.63) is 17.3 Å². The topological polar surface area (TPSA) is 65.7 Å². The summed E-state index contributed by atoms with van der Waals surface area (Å²) in [6.07, 6.45) is 7.78. The first-order valence-electron chi connectivity index (χ1n) is 12.1. The minimum atomic E-state index is 0.457. The number of oxazole rings is 1. The molecule has 2 heterocycles. The third kappa shape index (κ3) is 6.47. The SMILES string of the molecule is CCNC(=NCC1(CC(C)C)CCC1)NCC1CCN(Cc2nc(C)c(C)o2)CC1. The summed E-state index contributed by atoms with van der Waals surface area (Å²) in [5.74, 6) is 4.25. The van der Waals surface area contributed by atoms with Crippen molar-refractivity contribution < 1.29 is 4.42 Å². The molecule has 6 heteroatoms. The van der Waals surface area contributed by atoms with Crippen molar-refractivity contribution in [3.63, 3.8) is 0 Å². The molecule has 0 aromatic carbocycles. The maximum atomic E-state index is 5.75. The molecule has 0 bridgehead atoms. The van der Waals surface area contributed by atoms with Crippen LogP contribution in [-0.2, 0) is 6.54 Å². The van der Waals surface area contributed by atoms with Crippen LogP contribution in [0, 0.1) is 31.1 Å². The Bertz CT molecular complexity index is 664. The second-order valence-electron chi connectivity index (χ2n) is 10.00. The first-order valence-corrected chi connectivity index (χ1v) is 12.1. The first kappa shape index (κ1) is 23.1. The molecule has 2 fully saturated rings. The van der Waals surface area contributed by atoms with E-state index in [0.717, 1.165) is 68.5 Å². The van der Waals surface area contributed by atoms with Crippen LogP contribution in [0.15, 0.2) is 9.41 Å². The van der Waals surface area contributed by atoms with E-state index in [1.165, 1.54) is 38.5 Å². The van der Waals surface area contributed by atoms with Gasteiger partial charge in [0.05, 0.1) is 12.2 Å². The highest BCUT2D eigenvalue weighted by molar-refractivity contribution is 5.79. The molecule has 170 valence electrons. The molecule has 0 radical (unpaired) electrons. The van der Waals surface area contributed by atoms with Crippen LogP contribution in [0.2, 0.25) is 0 Å². The van der Waals surface area contributed by atoms with Crippen molar-refractivity contribution in [2.24, 2.45) is 22.2 Å². The van der Waals surface area contributed by atoms with Crippen molar-refractivity contribution >= 4 is 5.96 Å². The largest absolute Gasteiger partial charge is 0.444 e. The Kier molecular flexibility index (Phi) is 8.20. The van der Waals surface area contributed by atoms with Crippen molar-refractivity contribution in [2.75, 3.05) is 32.7 Å². The summed E-state index contributed by atoms with van der Waals surface area (Å²) in [5, 5.41) is 7.08. The van der Waals surface area contributed by atoms with Gasteiger partial charge in [-0.05, 0) is 83.2 Å². The van der Waals surface area contributed by atoms with Gasteiger partial charge in [-0.25, -0.2) is 4.98 Å². The van der Waals surface area contributed by atoms with E-state index in [9.17, 15) is 0 Å². The summed E-state index contributed by atoms with van der Waals surface area (Å²) in [6.45, 7) is 16.8. The Morgan fingerprint density at radius 1 is 1.23 bits per heavy atom. The fourth-order valence-electron chi connectivity index (χ4n) is 4.95. The molecular formula is C24H43N5O. The zero-order chi connectivity index (χ0) is 21.6. The van der Waals surface area contributed by atoms with Crippen LogP contribution >= 0.6 is 0 Å².